The first-order valence-corrected chi connectivity index (χ1v) is 16.0. The van der Waals surface area contributed by atoms with Gasteiger partial charge in [0.15, 0.2) is 18.9 Å². The molecule has 0 aliphatic carbocycles. The summed E-state index contributed by atoms with van der Waals surface area (Å²) in [7, 11) is -10.5. The van der Waals surface area contributed by atoms with E-state index in [1.54, 1.807) is 6.92 Å². The Labute approximate surface area is 251 Å². The van der Waals surface area contributed by atoms with E-state index in [-0.39, 0.29) is 6.61 Å². The maximum absolute atomic E-state index is 11.4. The van der Waals surface area contributed by atoms with Gasteiger partial charge in [0.2, 0.25) is 0 Å². The van der Waals surface area contributed by atoms with Crippen LogP contribution in [0, 0.1) is 0 Å². The summed E-state index contributed by atoms with van der Waals surface area (Å²) < 4.78 is 105. The lowest BCUT2D eigenvalue weighted by atomic mass is 9.96. The van der Waals surface area contributed by atoms with E-state index in [0.29, 0.717) is 6.42 Å². The summed E-state index contributed by atoms with van der Waals surface area (Å²) >= 11 is 0. The van der Waals surface area contributed by atoms with Crippen LogP contribution in [0.1, 0.15) is 20.3 Å². The smallest absolute Gasteiger partial charge is 0.394 e. The van der Waals surface area contributed by atoms with Crippen LogP contribution in [-0.2, 0) is 57.6 Å². The average Bonchev–Trinajstić information content (AvgIpc) is 2.93. The van der Waals surface area contributed by atoms with Crippen LogP contribution >= 0.6 is 0 Å². The van der Waals surface area contributed by atoms with Gasteiger partial charge in [-0.25, -0.2) is 8.37 Å². The minimum absolute atomic E-state index is 0.0260. The lowest BCUT2D eigenvalue weighted by Crippen LogP contribution is -2.67. The summed E-state index contributed by atoms with van der Waals surface area (Å²) in [4.78, 5) is 0. The van der Waals surface area contributed by atoms with Crippen molar-refractivity contribution in [3.63, 3.8) is 0 Å². The molecule has 0 unspecified atom stereocenters. The SMILES string of the molecule is CCCO[C@@H]1O[C@H](CO)[C@@H](O[C@@H]2O[C@@H](C)[C@@H](O)[C@@H](O)[C@@H]2O)[C@H](O[C@@H]2O[C@H](COS(=O)(=O)O)[C@H](O)[C@H](OS(=O)(=O)O)[C@H]2O)[C@H]1O. The summed E-state index contributed by atoms with van der Waals surface area (Å²) in [5, 5.41) is 73.2. The Balaban J connectivity index is 1.96. The zero-order valence-corrected chi connectivity index (χ0v) is 24.9. The fourth-order valence-corrected chi connectivity index (χ4v) is 5.54. The first kappa shape index (κ1) is 37.7. The van der Waals surface area contributed by atoms with E-state index in [0.717, 1.165) is 0 Å². The molecule has 23 heteroatoms. The quantitative estimate of drug-likeness (QED) is 0.0814. The van der Waals surface area contributed by atoms with Crippen LogP contribution < -0.4 is 0 Å². The molecule has 3 aliphatic rings. The van der Waals surface area contributed by atoms with Gasteiger partial charge in [-0.05, 0) is 13.3 Å². The second-order valence-electron chi connectivity index (χ2n) is 10.2. The van der Waals surface area contributed by atoms with Gasteiger partial charge in [0.25, 0.3) is 0 Å². The average molecular weight is 691 g/mol. The van der Waals surface area contributed by atoms with Crippen molar-refractivity contribution in [2.24, 2.45) is 0 Å². The molecular weight excluding hydrogens is 652 g/mol. The van der Waals surface area contributed by atoms with Crippen LogP contribution in [0.5, 0.6) is 0 Å². The number of ether oxygens (including phenoxy) is 6. The molecule has 0 aromatic rings. The molecule has 3 heterocycles. The number of aliphatic hydroxyl groups is 7. The molecule has 3 rings (SSSR count). The van der Waals surface area contributed by atoms with E-state index in [2.05, 4.69) is 8.37 Å². The highest BCUT2D eigenvalue weighted by Crippen LogP contribution is 2.34. The van der Waals surface area contributed by atoms with E-state index in [1.165, 1.54) is 6.92 Å². The van der Waals surface area contributed by atoms with Gasteiger partial charge in [-0.2, -0.15) is 16.8 Å². The molecule has 0 amide bonds. The number of hydrogen-bond donors (Lipinski definition) is 9. The van der Waals surface area contributed by atoms with Crippen LogP contribution in [0.3, 0.4) is 0 Å². The topological polar surface area (TPSA) is 324 Å². The molecule has 0 bridgehead atoms. The number of rotatable bonds is 13. The molecule has 0 spiro atoms. The molecule has 44 heavy (non-hydrogen) atoms. The molecule has 21 nitrogen and oxygen atoms in total. The summed E-state index contributed by atoms with van der Waals surface area (Å²) in [6.07, 6.45) is -26.9. The largest absolute Gasteiger partial charge is 0.397 e. The Bertz CT molecular complexity index is 1120. The van der Waals surface area contributed by atoms with Crippen molar-refractivity contribution in [2.45, 2.75) is 112 Å². The van der Waals surface area contributed by atoms with E-state index >= 15 is 0 Å². The predicted octanol–water partition coefficient (Wildman–Crippen LogP) is -5.46. The third kappa shape index (κ3) is 9.40. The zero-order chi connectivity index (χ0) is 33.1. The van der Waals surface area contributed by atoms with Gasteiger partial charge >= 0.3 is 20.8 Å². The molecule has 0 aromatic carbocycles. The van der Waals surface area contributed by atoms with Crippen molar-refractivity contribution >= 4 is 20.8 Å². The molecule has 260 valence electrons. The van der Waals surface area contributed by atoms with Crippen molar-refractivity contribution in [2.75, 3.05) is 19.8 Å². The normalized spacial score (nSPS) is 44.0. The number of aliphatic hydroxyl groups excluding tert-OH is 7. The summed E-state index contributed by atoms with van der Waals surface area (Å²) in [5.41, 5.74) is 0. The Hall–Kier alpha value is -0.780. The highest BCUT2D eigenvalue weighted by Gasteiger charge is 2.55. The lowest BCUT2D eigenvalue weighted by molar-refractivity contribution is -0.385. The summed E-state index contributed by atoms with van der Waals surface area (Å²) in [5.74, 6) is 0. The van der Waals surface area contributed by atoms with E-state index in [1.807, 2.05) is 0 Å². The molecule has 15 atom stereocenters. The van der Waals surface area contributed by atoms with E-state index in [9.17, 15) is 57.1 Å². The Morgan fingerprint density at radius 2 is 1.23 bits per heavy atom. The molecule has 3 fully saturated rings. The molecule has 3 aliphatic heterocycles. The molecule has 3 saturated heterocycles. The standard InChI is InChI=1S/C21H38O21S2/c1-3-4-35-19-15(28)18(16(8(5-22)38-19)40-20-13(26)12(25)10(23)7(2)37-20)41-21-14(27)17(42-44(32,33)34)11(24)9(39-21)6-36-43(29,30)31/h7-28H,3-6H2,1-2H3,(H,29,30,31)(H,32,33,34)/t7-,8+,9+,10+,11-,12+,13-,14+,15+,16+,17-,18+,19+,20-,21-/m0/s1. The van der Waals surface area contributed by atoms with Crippen LogP contribution in [0.4, 0.5) is 0 Å². The monoisotopic (exact) mass is 690 g/mol. The summed E-state index contributed by atoms with van der Waals surface area (Å²) in [6.45, 7) is 1.05. The molecular formula is C21H38O21S2. The molecule has 0 radical (unpaired) electrons. The maximum atomic E-state index is 11.4. The van der Waals surface area contributed by atoms with E-state index in [4.69, 9.17) is 33.0 Å². The van der Waals surface area contributed by atoms with Crippen molar-refractivity contribution in [3.8, 4) is 0 Å². The lowest BCUT2D eigenvalue weighted by Gasteiger charge is -2.49. The third-order valence-electron chi connectivity index (χ3n) is 6.93. The maximum Gasteiger partial charge on any atom is 0.397 e. The third-order valence-corrected chi connectivity index (χ3v) is 7.83. The zero-order valence-electron chi connectivity index (χ0n) is 23.2. The second kappa shape index (κ2) is 15.4. The van der Waals surface area contributed by atoms with E-state index < -0.39 is 126 Å². The van der Waals surface area contributed by atoms with Crippen LogP contribution in [-0.4, -0.2) is 174 Å². The molecule has 0 aromatic heterocycles. The van der Waals surface area contributed by atoms with Crippen molar-refractivity contribution in [1.82, 2.24) is 0 Å². The highest BCUT2D eigenvalue weighted by molar-refractivity contribution is 7.81. The fraction of sp³-hybridized carbons (Fsp3) is 1.00. The molecule has 0 saturated carbocycles. The number of hydrogen-bond acceptors (Lipinski definition) is 19. The van der Waals surface area contributed by atoms with Crippen molar-refractivity contribution < 1.29 is 98.5 Å². The van der Waals surface area contributed by atoms with Crippen molar-refractivity contribution in [3.05, 3.63) is 0 Å². The van der Waals surface area contributed by atoms with Crippen LogP contribution in [0.15, 0.2) is 0 Å². The minimum atomic E-state index is -5.38. The summed E-state index contributed by atoms with van der Waals surface area (Å²) in [6, 6.07) is 0. The first-order chi connectivity index (χ1) is 20.4. The van der Waals surface area contributed by atoms with Crippen molar-refractivity contribution in [1.29, 1.82) is 0 Å². The van der Waals surface area contributed by atoms with Crippen LogP contribution in [0.25, 0.3) is 0 Å². The Morgan fingerprint density at radius 1 is 0.659 bits per heavy atom. The Kier molecular flexibility index (Phi) is 13.2. The molecule has 9 N–H and O–H groups in total. The van der Waals surface area contributed by atoms with Gasteiger partial charge < -0.3 is 64.2 Å². The van der Waals surface area contributed by atoms with Gasteiger partial charge in [-0.3, -0.25) is 9.11 Å². The predicted molar refractivity (Wildman–Crippen MR) is 135 cm³/mol. The van der Waals surface area contributed by atoms with Gasteiger partial charge in [0.1, 0.15) is 67.1 Å². The highest BCUT2D eigenvalue weighted by atomic mass is 32.3. The van der Waals surface area contributed by atoms with Gasteiger partial charge in [-0.1, -0.05) is 6.92 Å². The van der Waals surface area contributed by atoms with Gasteiger partial charge in [0.05, 0.1) is 19.3 Å². The van der Waals surface area contributed by atoms with Gasteiger partial charge in [0, 0.05) is 6.61 Å². The van der Waals surface area contributed by atoms with Gasteiger partial charge in [-0.15, -0.1) is 0 Å². The fourth-order valence-electron chi connectivity index (χ4n) is 4.73. The minimum Gasteiger partial charge on any atom is -0.394 e. The Morgan fingerprint density at radius 3 is 1.80 bits per heavy atom. The second-order valence-corrected chi connectivity index (χ2v) is 12.3. The van der Waals surface area contributed by atoms with Crippen LogP contribution in [0.2, 0.25) is 0 Å². The first-order valence-electron chi connectivity index (χ1n) is 13.2.